The van der Waals surface area contributed by atoms with Crippen molar-refractivity contribution < 1.29 is 0 Å². The van der Waals surface area contributed by atoms with Gasteiger partial charge in [0.05, 0.1) is 5.41 Å². The van der Waals surface area contributed by atoms with E-state index < -0.39 is 0 Å². The maximum atomic E-state index is 3.72. The molecular formula is C33H27N. The molecule has 0 fully saturated rings. The summed E-state index contributed by atoms with van der Waals surface area (Å²) in [5, 5.41) is 2.60. The molecule has 34 heavy (non-hydrogen) atoms. The molecule has 164 valence electrons. The predicted molar refractivity (Wildman–Crippen MR) is 143 cm³/mol. The molecule has 1 N–H and O–H groups in total. The van der Waals surface area contributed by atoms with Gasteiger partial charge < -0.3 is 4.98 Å². The van der Waals surface area contributed by atoms with Crippen molar-refractivity contribution in [2.75, 3.05) is 0 Å². The zero-order chi connectivity index (χ0) is 22.7. The van der Waals surface area contributed by atoms with Gasteiger partial charge in [-0.15, -0.1) is 0 Å². The standard InChI is InChI=1S/C33H27N/c1-22-12-4-2-7-17-28(22)33(23-13-5-3-6-14-23)29-18-10-8-15-24(29)26-20-27-25-16-9-11-19-31(25)34-32(27)21-30(26)33/h2-11,13-22,28,34H,12H2,1H3. The molecule has 4 aromatic carbocycles. The third-order valence-corrected chi connectivity index (χ3v) is 8.13. The van der Waals surface area contributed by atoms with E-state index in [2.05, 4.69) is 127 Å². The summed E-state index contributed by atoms with van der Waals surface area (Å²) in [6.07, 6.45) is 10.3. The molecule has 3 unspecified atom stereocenters. The van der Waals surface area contributed by atoms with Crippen molar-refractivity contribution in [3.63, 3.8) is 0 Å². The van der Waals surface area contributed by atoms with Crippen LogP contribution in [0.5, 0.6) is 0 Å². The van der Waals surface area contributed by atoms with E-state index in [1.54, 1.807) is 0 Å². The molecule has 3 atom stereocenters. The number of rotatable bonds is 2. The van der Waals surface area contributed by atoms with Crippen LogP contribution in [0.3, 0.4) is 0 Å². The minimum Gasteiger partial charge on any atom is -0.355 e. The Morgan fingerprint density at radius 2 is 1.50 bits per heavy atom. The van der Waals surface area contributed by atoms with Crippen molar-refractivity contribution in [3.8, 4) is 11.1 Å². The molecule has 1 aromatic heterocycles. The van der Waals surface area contributed by atoms with Crippen LogP contribution in [0, 0.1) is 11.8 Å². The van der Waals surface area contributed by atoms with Crippen LogP contribution in [0.1, 0.15) is 30.0 Å². The first-order valence-electron chi connectivity index (χ1n) is 12.3. The number of hydrogen-bond acceptors (Lipinski definition) is 0. The lowest BCUT2D eigenvalue weighted by atomic mass is 9.60. The van der Waals surface area contributed by atoms with Crippen molar-refractivity contribution >= 4 is 21.8 Å². The molecule has 0 radical (unpaired) electrons. The largest absolute Gasteiger partial charge is 0.355 e. The molecule has 1 heterocycles. The van der Waals surface area contributed by atoms with E-state index in [0.29, 0.717) is 11.8 Å². The number of hydrogen-bond donors (Lipinski definition) is 1. The molecule has 7 rings (SSSR count). The molecule has 1 heteroatoms. The van der Waals surface area contributed by atoms with Gasteiger partial charge in [0.1, 0.15) is 0 Å². The predicted octanol–water partition coefficient (Wildman–Crippen LogP) is 8.40. The lowest BCUT2D eigenvalue weighted by Crippen LogP contribution is -2.38. The summed E-state index contributed by atoms with van der Waals surface area (Å²) in [5.41, 5.74) is 9.14. The van der Waals surface area contributed by atoms with Gasteiger partial charge in [0.25, 0.3) is 0 Å². The summed E-state index contributed by atoms with van der Waals surface area (Å²) in [7, 11) is 0. The highest BCUT2D eigenvalue weighted by atomic mass is 14.7. The maximum absolute atomic E-state index is 3.72. The fourth-order valence-electron chi connectivity index (χ4n) is 6.68. The van der Waals surface area contributed by atoms with E-state index in [1.807, 2.05) is 0 Å². The monoisotopic (exact) mass is 437 g/mol. The number of para-hydroxylation sites is 1. The lowest BCUT2D eigenvalue weighted by molar-refractivity contribution is 0.332. The Kier molecular flexibility index (Phi) is 4.23. The molecule has 0 saturated heterocycles. The Bertz CT molecular complexity index is 1600. The summed E-state index contributed by atoms with van der Waals surface area (Å²) in [5.74, 6) is 0.849. The van der Waals surface area contributed by atoms with Crippen molar-refractivity contribution in [1.29, 1.82) is 0 Å². The third-order valence-electron chi connectivity index (χ3n) is 8.13. The Morgan fingerprint density at radius 1 is 0.706 bits per heavy atom. The quantitative estimate of drug-likeness (QED) is 0.285. The van der Waals surface area contributed by atoms with Crippen LogP contribution in [-0.2, 0) is 5.41 Å². The van der Waals surface area contributed by atoms with E-state index in [0.717, 1.165) is 6.42 Å². The number of allylic oxidation sites excluding steroid dienone is 4. The van der Waals surface area contributed by atoms with Gasteiger partial charge >= 0.3 is 0 Å². The fourth-order valence-corrected chi connectivity index (χ4v) is 6.68. The third kappa shape index (κ3) is 2.56. The van der Waals surface area contributed by atoms with E-state index in [-0.39, 0.29) is 5.41 Å². The van der Waals surface area contributed by atoms with E-state index in [9.17, 15) is 0 Å². The number of nitrogens with one attached hydrogen (secondary N) is 1. The molecule has 2 aliphatic carbocycles. The van der Waals surface area contributed by atoms with Crippen LogP contribution in [0.2, 0.25) is 0 Å². The Balaban J connectivity index is 1.64. The summed E-state index contributed by atoms with van der Waals surface area (Å²) in [4.78, 5) is 3.72. The van der Waals surface area contributed by atoms with Gasteiger partial charge in [-0.25, -0.2) is 0 Å². The number of benzene rings is 4. The van der Waals surface area contributed by atoms with Crippen LogP contribution in [-0.4, -0.2) is 4.98 Å². The second-order valence-electron chi connectivity index (χ2n) is 9.89. The zero-order valence-corrected chi connectivity index (χ0v) is 19.3. The Labute approximate surface area is 200 Å². The first kappa shape index (κ1) is 19.6. The van der Waals surface area contributed by atoms with Gasteiger partial charge in [0.2, 0.25) is 0 Å². The highest BCUT2D eigenvalue weighted by Crippen LogP contribution is 2.59. The zero-order valence-electron chi connectivity index (χ0n) is 19.3. The molecule has 0 spiro atoms. The molecule has 0 amide bonds. The highest BCUT2D eigenvalue weighted by molar-refractivity contribution is 6.10. The number of aromatic amines is 1. The summed E-state index contributed by atoms with van der Waals surface area (Å²) >= 11 is 0. The highest BCUT2D eigenvalue weighted by Gasteiger charge is 2.50. The topological polar surface area (TPSA) is 15.8 Å². The Morgan fingerprint density at radius 3 is 2.41 bits per heavy atom. The van der Waals surface area contributed by atoms with Crippen molar-refractivity contribution in [2.45, 2.75) is 18.8 Å². The molecular weight excluding hydrogens is 410 g/mol. The first-order valence-corrected chi connectivity index (χ1v) is 12.3. The van der Waals surface area contributed by atoms with Gasteiger partial charge in [-0.1, -0.05) is 104 Å². The summed E-state index contributed by atoms with van der Waals surface area (Å²) in [6.45, 7) is 2.41. The van der Waals surface area contributed by atoms with Gasteiger partial charge in [-0.05, 0) is 64.3 Å². The summed E-state index contributed by atoms with van der Waals surface area (Å²) in [6, 6.07) is 33.8. The second-order valence-corrected chi connectivity index (χ2v) is 9.89. The van der Waals surface area contributed by atoms with E-state index >= 15 is 0 Å². The number of aromatic nitrogens is 1. The van der Waals surface area contributed by atoms with Crippen LogP contribution in [0.25, 0.3) is 32.9 Å². The average Bonchev–Trinajstić information content (AvgIpc) is 3.29. The van der Waals surface area contributed by atoms with Crippen molar-refractivity contribution in [3.05, 3.63) is 132 Å². The smallest absolute Gasteiger partial charge is 0.0529 e. The lowest BCUT2D eigenvalue weighted by Gasteiger charge is -2.42. The molecule has 1 nitrogen and oxygen atoms in total. The van der Waals surface area contributed by atoms with Crippen LogP contribution in [0.15, 0.2) is 115 Å². The van der Waals surface area contributed by atoms with Gasteiger partial charge in [-0.3, -0.25) is 0 Å². The number of fused-ring (bicyclic) bond motifs is 6. The average molecular weight is 438 g/mol. The minimum absolute atomic E-state index is 0.236. The van der Waals surface area contributed by atoms with Crippen molar-refractivity contribution in [2.24, 2.45) is 11.8 Å². The van der Waals surface area contributed by atoms with E-state index in [1.165, 1.54) is 49.6 Å². The minimum atomic E-state index is -0.236. The summed E-state index contributed by atoms with van der Waals surface area (Å²) < 4.78 is 0. The number of H-pyrrole nitrogens is 1. The molecule has 0 aliphatic heterocycles. The van der Waals surface area contributed by atoms with Crippen molar-refractivity contribution in [1.82, 2.24) is 4.98 Å². The van der Waals surface area contributed by atoms with Crippen LogP contribution < -0.4 is 0 Å². The molecule has 2 aliphatic rings. The normalized spacial score (nSPS) is 23.2. The van der Waals surface area contributed by atoms with E-state index in [4.69, 9.17) is 0 Å². The second kappa shape index (κ2) is 7.33. The van der Waals surface area contributed by atoms with Gasteiger partial charge in [0.15, 0.2) is 0 Å². The molecule has 0 saturated carbocycles. The SMILES string of the molecule is CC1CC=CC=CC1C1(c2ccccc2)c2ccccc2-c2cc3c(cc21)[nH]c1ccccc13. The fraction of sp³-hybridized carbons (Fsp3) is 0.152. The molecule has 0 bridgehead atoms. The van der Waals surface area contributed by atoms with Crippen LogP contribution in [0.4, 0.5) is 0 Å². The van der Waals surface area contributed by atoms with Crippen LogP contribution >= 0.6 is 0 Å². The van der Waals surface area contributed by atoms with Gasteiger partial charge in [0, 0.05) is 21.8 Å². The van der Waals surface area contributed by atoms with Gasteiger partial charge in [-0.2, -0.15) is 0 Å². The first-order chi connectivity index (χ1) is 16.8. The maximum Gasteiger partial charge on any atom is 0.0529 e. The Hall–Kier alpha value is -3.84. The molecule has 5 aromatic rings.